The van der Waals surface area contributed by atoms with Crippen LogP contribution in [0.4, 0.5) is 0 Å². The van der Waals surface area contributed by atoms with Crippen molar-refractivity contribution >= 4 is 18.4 Å². The van der Waals surface area contributed by atoms with Gasteiger partial charge in [-0.25, -0.2) is 0 Å². The molecule has 136 valence electrons. The van der Waals surface area contributed by atoms with Crippen molar-refractivity contribution in [1.29, 1.82) is 0 Å². The van der Waals surface area contributed by atoms with E-state index in [-0.39, 0.29) is 0 Å². The van der Waals surface area contributed by atoms with Gasteiger partial charge in [0.1, 0.15) is 0 Å². The van der Waals surface area contributed by atoms with Crippen LogP contribution in [0.5, 0.6) is 0 Å². The van der Waals surface area contributed by atoms with E-state index >= 15 is 0 Å². The minimum atomic E-state index is -2.21. The fourth-order valence-corrected chi connectivity index (χ4v) is 9.52. The zero-order chi connectivity index (χ0) is 18.4. The maximum Gasteiger partial charge on any atom is 0.172 e. The van der Waals surface area contributed by atoms with Gasteiger partial charge in [0, 0.05) is 13.2 Å². The Balaban J connectivity index is 2.81. The Morgan fingerprint density at radius 1 is 0.640 bits per heavy atom. The summed E-state index contributed by atoms with van der Waals surface area (Å²) < 4.78 is 12.2. The van der Waals surface area contributed by atoms with Crippen molar-refractivity contribution in [3.8, 4) is 0 Å². The summed E-state index contributed by atoms with van der Waals surface area (Å²) in [6, 6.07) is 13.2. The Bertz CT molecular complexity index is 607. The third kappa shape index (κ3) is 4.05. The molecule has 0 unspecified atom stereocenters. The minimum absolute atomic E-state index is 0.733. The Morgan fingerprint density at radius 2 is 0.960 bits per heavy atom. The second-order valence-corrected chi connectivity index (χ2v) is 10.6. The molecule has 0 aliphatic rings. The Morgan fingerprint density at radius 3 is 1.24 bits per heavy atom. The molecule has 0 aliphatic carbocycles. The molecule has 0 bridgehead atoms. The van der Waals surface area contributed by atoms with E-state index in [0.717, 1.165) is 25.7 Å². The van der Waals surface area contributed by atoms with E-state index in [0.29, 0.717) is 0 Å². The third-order valence-corrected chi connectivity index (χ3v) is 9.91. The van der Waals surface area contributed by atoms with Crippen molar-refractivity contribution in [3.05, 3.63) is 58.7 Å². The summed E-state index contributed by atoms with van der Waals surface area (Å²) >= 11 is 0. The fraction of sp³-hybridized carbons (Fsp3) is 0.455. The molecule has 0 N–H and O–H groups in total. The van der Waals surface area contributed by atoms with Crippen LogP contribution in [-0.4, -0.2) is 33.7 Å². The first-order chi connectivity index (χ1) is 12.0. The molecule has 3 heteroatoms. The second kappa shape index (κ2) is 8.79. The SMILES string of the molecule is CCOC[Si](COCC)(c1c(C)cccc1C)c1c(C)cccc1C. The van der Waals surface area contributed by atoms with Crippen LogP contribution in [0.25, 0.3) is 0 Å². The van der Waals surface area contributed by atoms with Crippen molar-refractivity contribution in [1.82, 2.24) is 0 Å². The van der Waals surface area contributed by atoms with Crippen LogP contribution in [0.2, 0.25) is 0 Å². The fourth-order valence-electron chi connectivity index (χ4n) is 4.15. The van der Waals surface area contributed by atoms with E-state index in [1.54, 1.807) is 0 Å². The van der Waals surface area contributed by atoms with Gasteiger partial charge in [0.15, 0.2) is 8.07 Å². The molecule has 0 heterocycles. The summed E-state index contributed by atoms with van der Waals surface area (Å²) in [5.74, 6) is 0. The molecule has 0 saturated carbocycles. The first kappa shape index (κ1) is 19.9. The number of ether oxygens (including phenoxy) is 2. The number of aryl methyl sites for hydroxylation is 4. The highest BCUT2D eigenvalue weighted by molar-refractivity contribution is 7.03. The van der Waals surface area contributed by atoms with Gasteiger partial charge in [-0.2, -0.15) is 0 Å². The predicted molar refractivity (Wildman–Crippen MR) is 110 cm³/mol. The molecule has 2 aromatic rings. The lowest BCUT2D eigenvalue weighted by Gasteiger charge is -2.37. The summed E-state index contributed by atoms with van der Waals surface area (Å²) in [6.45, 7) is 14.5. The van der Waals surface area contributed by atoms with Gasteiger partial charge in [0.05, 0.1) is 12.5 Å². The van der Waals surface area contributed by atoms with Crippen LogP contribution in [-0.2, 0) is 9.47 Å². The molecule has 0 saturated heterocycles. The molecule has 2 aromatic carbocycles. The van der Waals surface area contributed by atoms with Gasteiger partial charge >= 0.3 is 0 Å². The summed E-state index contributed by atoms with van der Waals surface area (Å²) in [6.07, 6.45) is 1.53. The van der Waals surface area contributed by atoms with E-state index in [1.807, 2.05) is 0 Å². The molecular weight excluding hydrogens is 324 g/mol. The molecule has 2 nitrogen and oxygen atoms in total. The summed E-state index contributed by atoms with van der Waals surface area (Å²) in [7, 11) is -2.21. The smallest absolute Gasteiger partial charge is 0.172 e. The van der Waals surface area contributed by atoms with Crippen molar-refractivity contribution < 1.29 is 9.47 Å². The average Bonchev–Trinajstić information content (AvgIpc) is 2.57. The van der Waals surface area contributed by atoms with Gasteiger partial charge < -0.3 is 9.47 Å². The van der Waals surface area contributed by atoms with Crippen molar-refractivity contribution in [2.75, 3.05) is 25.7 Å². The normalized spacial score (nSPS) is 11.8. The molecule has 0 atom stereocenters. The lowest BCUT2D eigenvalue weighted by Crippen LogP contribution is -2.68. The van der Waals surface area contributed by atoms with E-state index in [4.69, 9.17) is 9.47 Å². The van der Waals surface area contributed by atoms with Crippen molar-refractivity contribution in [2.45, 2.75) is 41.5 Å². The zero-order valence-electron chi connectivity index (χ0n) is 16.6. The molecule has 0 aromatic heterocycles. The van der Waals surface area contributed by atoms with Gasteiger partial charge in [-0.05, 0) is 51.9 Å². The van der Waals surface area contributed by atoms with Crippen molar-refractivity contribution in [2.24, 2.45) is 0 Å². The van der Waals surface area contributed by atoms with Gasteiger partial charge in [-0.15, -0.1) is 0 Å². The summed E-state index contributed by atoms with van der Waals surface area (Å²) in [5.41, 5.74) is 5.42. The number of hydrogen-bond acceptors (Lipinski definition) is 2. The van der Waals surface area contributed by atoms with Gasteiger partial charge in [-0.3, -0.25) is 0 Å². The Hall–Kier alpha value is -1.42. The standard InChI is InChI=1S/C22H32O2Si/c1-7-23-15-25(16-24-8-2,21-17(3)11-9-12-18(21)4)22-19(5)13-10-14-20(22)6/h9-14H,7-8,15-16H2,1-6H3. The molecule has 0 amide bonds. The maximum absolute atomic E-state index is 6.11. The number of hydrogen-bond donors (Lipinski definition) is 0. The lowest BCUT2D eigenvalue weighted by atomic mass is 10.1. The summed E-state index contributed by atoms with van der Waals surface area (Å²) in [5, 5.41) is 2.96. The van der Waals surface area contributed by atoms with Gasteiger partial charge in [0.25, 0.3) is 0 Å². The number of rotatable bonds is 8. The highest BCUT2D eigenvalue weighted by Crippen LogP contribution is 2.17. The van der Waals surface area contributed by atoms with Crippen molar-refractivity contribution in [3.63, 3.8) is 0 Å². The molecule has 0 aliphatic heterocycles. The summed E-state index contributed by atoms with van der Waals surface area (Å²) in [4.78, 5) is 0. The van der Waals surface area contributed by atoms with Crippen LogP contribution in [0.1, 0.15) is 36.1 Å². The molecule has 2 rings (SSSR count). The number of benzene rings is 2. The molecular formula is C22H32O2Si. The minimum Gasteiger partial charge on any atom is -0.384 e. The van der Waals surface area contributed by atoms with E-state index in [1.165, 1.54) is 32.6 Å². The van der Waals surface area contributed by atoms with Crippen LogP contribution < -0.4 is 10.4 Å². The average molecular weight is 357 g/mol. The zero-order valence-corrected chi connectivity index (χ0v) is 17.6. The van der Waals surface area contributed by atoms with Gasteiger partial charge in [-0.1, -0.05) is 58.7 Å². The molecule has 0 radical (unpaired) electrons. The molecule has 0 fully saturated rings. The quantitative estimate of drug-likeness (QED) is 0.673. The highest BCUT2D eigenvalue weighted by atomic mass is 28.3. The highest BCUT2D eigenvalue weighted by Gasteiger charge is 2.42. The molecule has 0 spiro atoms. The Kier molecular flexibility index (Phi) is 7.00. The second-order valence-electron chi connectivity index (χ2n) is 6.89. The van der Waals surface area contributed by atoms with E-state index < -0.39 is 8.07 Å². The van der Waals surface area contributed by atoms with Crippen LogP contribution >= 0.6 is 0 Å². The van der Waals surface area contributed by atoms with E-state index in [2.05, 4.69) is 77.9 Å². The molecule has 25 heavy (non-hydrogen) atoms. The van der Waals surface area contributed by atoms with Crippen LogP contribution in [0, 0.1) is 27.7 Å². The topological polar surface area (TPSA) is 18.5 Å². The van der Waals surface area contributed by atoms with Gasteiger partial charge in [0.2, 0.25) is 0 Å². The maximum atomic E-state index is 6.11. The monoisotopic (exact) mass is 356 g/mol. The third-order valence-electron chi connectivity index (χ3n) is 5.02. The predicted octanol–water partition coefficient (Wildman–Crippen LogP) is 3.63. The lowest BCUT2D eigenvalue weighted by molar-refractivity contribution is 0.166. The Labute approximate surface area is 154 Å². The van der Waals surface area contributed by atoms with E-state index in [9.17, 15) is 0 Å². The van der Waals surface area contributed by atoms with Crippen LogP contribution in [0.15, 0.2) is 36.4 Å². The van der Waals surface area contributed by atoms with Crippen LogP contribution in [0.3, 0.4) is 0 Å². The first-order valence-corrected chi connectivity index (χ1v) is 11.7. The largest absolute Gasteiger partial charge is 0.384 e. The first-order valence-electron chi connectivity index (χ1n) is 9.26.